The van der Waals surface area contributed by atoms with E-state index < -0.39 is 18.7 Å². The monoisotopic (exact) mass is 189 g/mol. The van der Waals surface area contributed by atoms with E-state index in [9.17, 15) is 13.2 Å². The van der Waals surface area contributed by atoms with Crippen LogP contribution in [0, 0.1) is 12.7 Å². The molecule has 1 rings (SSSR count). The van der Waals surface area contributed by atoms with Gasteiger partial charge in [-0.15, -0.1) is 0 Å². The van der Waals surface area contributed by atoms with Gasteiger partial charge in [-0.05, 0) is 24.6 Å². The Labute approximate surface area is 74.4 Å². The zero-order valence-corrected chi connectivity index (χ0v) is 7.15. The molecule has 1 aromatic carbocycles. The van der Waals surface area contributed by atoms with Crippen molar-refractivity contribution in [2.24, 2.45) is 0 Å². The topological polar surface area (TPSA) is 26.0 Å². The highest BCUT2D eigenvalue weighted by molar-refractivity contribution is 5.50. The van der Waals surface area contributed by atoms with Gasteiger partial charge >= 0.3 is 0 Å². The van der Waals surface area contributed by atoms with Crippen LogP contribution >= 0.6 is 0 Å². The molecular formula is C9H10F3N. The Balaban J connectivity index is 3.06. The molecular weight excluding hydrogens is 179 g/mol. The number of benzene rings is 1. The fourth-order valence-corrected chi connectivity index (χ4v) is 1.17. The molecule has 0 atom stereocenters. The third-order valence-electron chi connectivity index (χ3n) is 1.73. The average Bonchev–Trinajstić information content (AvgIpc) is 1.96. The molecule has 4 heteroatoms. The highest BCUT2D eigenvalue weighted by atomic mass is 19.3. The molecule has 0 radical (unpaired) electrons. The van der Waals surface area contributed by atoms with E-state index >= 15 is 0 Å². The standard InChI is InChI=1S/C9H10F3N/c1-5-2-7(10)6(4-9(11)12)8(13)3-5/h2-3,9H,4,13H2,1H3. The average molecular weight is 189 g/mol. The molecule has 0 aliphatic heterocycles. The third kappa shape index (κ3) is 2.37. The summed E-state index contributed by atoms with van der Waals surface area (Å²) in [7, 11) is 0. The third-order valence-corrected chi connectivity index (χ3v) is 1.73. The Kier molecular flexibility index (Phi) is 2.80. The Bertz CT molecular complexity index is 287. The lowest BCUT2D eigenvalue weighted by molar-refractivity contribution is 0.148. The minimum absolute atomic E-state index is 0.0952. The van der Waals surface area contributed by atoms with Gasteiger partial charge in [0.1, 0.15) is 5.82 Å². The number of nitrogen functional groups attached to an aromatic ring is 1. The summed E-state index contributed by atoms with van der Waals surface area (Å²) in [4.78, 5) is 0. The minimum atomic E-state index is -2.57. The van der Waals surface area contributed by atoms with E-state index in [1.807, 2.05) is 0 Å². The molecule has 0 fully saturated rings. The van der Waals surface area contributed by atoms with Crippen molar-refractivity contribution in [1.82, 2.24) is 0 Å². The maximum atomic E-state index is 13.1. The molecule has 0 heterocycles. The van der Waals surface area contributed by atoms with Crippen LogP contribution in [-0.2, 0) is 6.42 Å². The van der Waals surface area contributed by atoms with E-state index in [4.69, 9.17) is 5.73 Å². The molecule has 0 saturated carbocycles. The molecule has 0 amide bonds. The summed E-state index contributed by atoms with van der Waals surface area (Å²) in [6.07, 6.45) is -3.20. The maximum absolute atomic E-state index is 13.1. The first-order valence-corrected chi connectivity index (χ1v) is 3.83. The first-order chi connectivity index (χ1) is 6.00. The van der Waals surface area contributed by atoms with Crippen molar-refractivity contribution in [2.75, 3.05) is 5.73 Å². The van der Waals surface area contributed by atoms with Crippen LogP contribution in [0.5, 0.6) is 0 Å². The highest BCUT2D eigenvalue weighted by Gasteiger charge is 2.12. The maximum Gasteiger partial charge on any atom is 0.242 e. The van der Waals surface area contributed by atoms with Crippen LogP contribution in [0.2, 0.25) is 0 Å². The van der Waals surface area contributed by atoms with Crippen molar-refractivity contribution in [1.29, 1.82) is 0 Å². The van der Waals surface area contributed by atoms with Crippen molar-refractivity contribution >= 4 is 5.69 Å². The highest BCUT2D eigenvalue weighted by Crippen LogP contribution is 2.21. The SMILES string of the molecule is Cc1cc(N)c(CC(F)F)c(F)c1. The molecule has 0 unspecified atom stereocenters. The number of anilines is 1. The number of halogens is 3. The number of hydrogen-bond donors (Lipinski definition) is 1. The van der Waals surface area contributed by atoms with Gasteiger partial charge in [-0.25, -0.2) is 13.2 Å². The summed E-state index contributed by atoms with van der Waals surface area (Å²) >= 11 is 0. The van der Waals surface area contributed by atoms with E-state index in [-0.39, 0.29) is 11.3 Å². The van der Waals surface area contributed by atoms with Gasteiger partial charge in [0.15, 0.2) is 0 Å². The number of hydrogen-bond acceptors (Lipinski definition) is 1. The van der Waals surface area contributed by atoms with Gasteiger partial charge in [0, 0.05) is 17.7 Å². The molecule has 0 saturated heterocycles. The van der Waals surface area contributed by atoms with Gasteiger partial charge in [-0.3, -0.25) is 0 Å². The summed E-state index contributed by atoms with van der Waals surface area (Å²) < 4.78 is 37.0. The first kappa shape index (κ1) is 9.89. The number of alkyl halides is 2. The second-order valence-electron chi connectivity index (χ2n) is 2.91. The Morgan fingerprint density at radius 2 is 2.00 bits per heavy atom. The Morgan fingerprint density at radius 3 is 2.46 bits per heavy atom. The van der Waals surface area contributed by atoms with Gasteiger partial charge in [-0.2, -0.15) is 0 Å². The summed E-state index contributed by atoms with van der Waals surface area (Å²) in [5.74, 6) is -0.655. The summed E-state index contributed by atoms with van der Waals surface area (Å²) in [5, 5.41) is 0. The summed E-state index contributed by atoms with van der Waals surface area (Å²) in [6.45, 7) is 1.66. The molecule has 1 nitrogen and oxygen atoms in total. The fourth-order valence-electron chi connectivity index (χ4n) is 1.17. The van der Waals surface area contributed by atoms with E-state index in [1.165, 1.54) is 12.1 Å². The van der Waals surface area contributed by atoms with E-state index in [0.717, 1.165) is 0 Å². The molecule has 1 aromatic rings. The number of rotatable bonds is 2. The van der Waals surface area contributed by atoms with Crippen LogP contribution in [-0.4, -0.2) is 6.43 Å². The lowest BCUT2D eigenvalue weighted by Gasteiger charge is -2.07. The molecule has 0 spiro atoms. The summed E-state index contributed by atoms with van der Waals surface area (Å²) in [5.41, 5.74) is 6.03. The molecule has 0 aliphatic rings. The second-order valence-corrected chi connectivity index (χ2v) is 2.91. The van der Waals surface area contributed by atoms with Crippen molar-refractivity contribution in [2.45, 2.75) is 19.8 Å². The van der Waals surface area contributed by atoms with Gasteiger partial charge in [-0.1, -0.05) is 0 Å². The molecule has 0 aromatic heterocycles. The Morgan fingerprint density at radius 1 is 1.38 bits per heavy atom. The van der Waals surface area contributed by atoms with Crippen molar-refractivity contribution in [3.63, 3.8) is 0 Å². The Hall–Kier alpha value is -1.19. The molecule has 0 aliphatic carbocycles. The van der Waals surface area contributed by atoms with Crippen molar-refractivity contribution < 1.29 is 13.2 Å². The molecule has 2 N–H and O–H groups in total. The quantitative estimate of drug-likeness (QED) is 0.711. The van der Waals surface area contributed by atoms with Crippen molar-refractivity contribution in [3.05, 3.63) is 29.1 Å². The van der Waals surface area contributed by atoms with Crippen LogP contribution in [0.4, 0.5) is 18.9 Å². The zero-order chi connectivity index (χ0) is 10.0. The largest absolute Gasteiger partial charge is 0.398 e. The van der Waals surface area contributed by atoms with Gasteiger partial charge in [0.25, 0.3) is 0 Å². The van der Waals surface area contributed by atoms with E-state index in [0.29, 0.717) is 5.56 Å². The van der Waals surface area contributed by atoms with Crippen LogP contribution in [0.1, 0.15) is 11.1 Å². The predicted molar refractivity (Wildman–Crippen MR) is 45.3 cm³/mol. The van der Waals surface area contributed by atoms with Crippen LogP contribution in [0.25, 0.3) is 0 Å². The number of nitrogens with two attached hydrogens (primary N) is 1. The second kappa shape index (κ2) is 3.68. The van der Waals surface area contributed by atoms with Crippen molar-refractivity contribution in [3.8, 4) is 0 Å². The molecule has 72 valence electrons. The predicted octanol–water partition coefficient (Wildman–Crippen LogP) is 2.52. The molecule has 13 heavy (non-hydrogen) atoms. The van der Waals surface area contributed by atoms with Crippen LogP contribution < -0.4 is 5.73 Å². The lowest BCUT2D eigenvalue weighted by Crippen LogP contribution is -2.04. The van der Waals surface area contributed by atoms with Gasteiger partial charge in [0.05, 0.1) is 0 Å². The molecule has 0 bridgehead atoms. The zero-order valence-electron chi connectivity index (χ0n) is 7.15. The van der Waals surface area contributed by atoms with Crippen LogP contribution in [0.15, 0.2) is 12.1 Å². The first-order valence-electron chi connectivity index (χ1n) is 3.83. The fraction of sp³-hybridized carbons (Fsp3) is 0.333. The minimum Gasteiger partial charge on any atom is -0.398 e. The van der Waals surface area contributed by atoms with Gasteiger partial charge < -0.3 is 5.73 Å². The number of aryl methyl sites for hydroxylation is 1. The van der Waals surface area contributed by atoms with E-state index in [2.05, 4.69) is 0 Å². The summed E-state index contributed by atoms with van der Waals surface area (Å²) in [6, 6.07) is 2.69. The van der Waals surface area contributed by atoms with Crippen LogP contribution in [0.3, 0.4) is 0 Å². The lowest BCUT2D eigenvalue weighted by atomic mass is 10.1. The normalized spacial score (nSPS) is 10.8. The van der Waals surface area contributed by atoms with Gasteiger partial charge in [0.2, 0.25) is 6.43 Å². The van der Waals surface area contributed by atoms with E-state index in [1.54, 1.807) is 6.92 Å². The smallest absolute Gasteiger partial charge is 0.242 e.